The van der Waals surface area contributed by atoms with E-state index >= 15 is 0 Å². The number of alkyl halides is 3. The molecular formula is C14H11ClF3N3O3. The first kappa shape index (κ1) is 17.9. The number of carbonyl (C=O) groups excluding carboxylic acids is 1. The first-order chi connectivity index (χ1) is 11.1. The van der Waals surface area contributed by atoms with Crippen molar-refractivity contribution in [2.45, 2.75) is 6.18 Å². The summed E-state index contributed by atoms with van der Waals surface area (Å²) in [7, 11) is 0. The van der Waals surface area contributed by atoms with Crippen LogP contribution in [-0.2, 0) is 4.79 Å². The Balaban J connectivity index is 2.12. The SMILES string of the molecule is N#Cc1ccc(NC(=O)N2C[C@@H](C(F)(F)F)[C@H](C(=O)O)C2)cc1Cl. The normalized spacial score (nSPS) is 20.5. The lowest BCUT2D eigenvalue weighted by Gasteiger charge is -2.18. The fourth-order valence-electron chi connectivity index (χ4n) is 2.44. The van der Waals surface area contributed by atoms with Crippen molar-refractivity contribution in [1.82, 2.24) is 4.90 Å². The number of urea groups is 1. The van der Waals surface area contributed by atoms with Gasteiger partial charge in [-0.3, -0.25) is 4.79 Å². The molecule has 2 amide bonds. The molecule has 0 spiro atoms. The first-order valence-electron chi connectivity index (χ1n) is 6.68. The molecule has 2 N–H and O–H groups in total. The molecule has 6 nitrogen and oxygen atoms in total. The third-order valence-corrected chi connectivity index (χ3v) is 4.00. The quantitative estimate of drug-likeness (QED) is 0.847. The Kier molecular flexibility index (Phi) is 4.89. The molecule has 1 heterocycles. The number of nitrogens with zero attached hydrogens (tertiary/aromatic N) is 2. The number of carboxylic acids is 1. The number of anilines is 1. The molecule has 0 bridgehead atoms. The Hall–Kier alpha value is -2.47. The van der Waals surface area contributed by atoms with Gasteiger partial charge in [0.1, 0.15) is 6.07 Å². The average Bonchev–Trinajstić information content (AvgIpc) is 2.93. The van der Waals surface area contributed by atoms with Crippen LogP contribution in [0.5, 0.6) is 0 Å². The number of carboxylic acid groups (broad SMARTS) is 1. The molecule has 1 aromatic rings. The number of aliphatic carboxylic acids is 1. The molecule has 0 saturated carbocycles. The van der Waals surface area contributed by atoms with Crippen LogP contribution in [0.3, 0.4) is 0 Å². The van der Waals surface area contributed by atoms with E-state index in [-0.39, 0.29) is 16.3 Å². The summed E-state index contributed by atoms with van der Waals surface area (Å²) in [4.78, 5) is 23.9. The van der Waals surface area contributed by atoms with Crippen molar-refractivity contribution in [1.29, 1.82) is 5.26 Å². The Labute approximate surface area is 139 Å². The van der Waals surface area contributed by atoms with Crippen LogP contribution in [0.4, 0.5) is 23.7 Å². The maximum Gasteiger partial charge on any atom is 0.394 e. The number of carbonyl (C=O) groups is 2. The zero-order valence-corrected chi connectivity index (χ0v) is 12.7. The van der Waals surface area contributed by atoms with Gasteiger partial charge in [0.25, 0.3) is 0 Å². The number of benzene rings is 1. The summed E-state index contributed by atoms with van der Waals surface area (Å²) in [5, 5.41) is 20.1. The Morgan fingerprint density at radius 2 is 2.04 bits per heavy atom. The van der Waals surface area contributed by atoms with Gasteiger partial charge in [-0.1, -0.05) is 11.6 Å². The minimum Gasteiger partial charge on any atom is -0.481 e. The molecule has 1 fully saturated rings. The second-order valence-corrected chi connectivity index (χ2v) is 5.64. The number of rotatable bonds is 2. The number of hydrogen-bond acceptors (Lipinski definition) is 3. The molecule has 24 heavy (non-hydrogen) atoms. The van der Waals surface area contributed by atoms with Crippen LogP contribution in [0, 0.1) is 23.2 Å². The van der Waals surface area contributed by atoms with E-state index in [9.17, 15) is 22.8 Å². The van der Waals surface area contributed by atoms with E-state index < -0.39 is 43.1 Å². The average molecular weight is 362 g/mol. The number of amides is 2. The van der Waals surface area contributed by atoms with Gasteiger partial charge in [0.15, 0.2) is 0 Å². The van der Waals surface area contributed by atoms with E-state index in [1.807, 2.05) is 6.07 Å². The molecule has 0 aliphatic carbocycles. The molecule has 1 aromatic carbocycles. The number of nitriles is 1. The van der Waals surface area contributed by atoms with E-state index in [2.05, 4.69) is 5.32 Å². The van der Waals surface area contributed by atoms with E-state index in [1.165, 1.54) is 18.2 Å². The highest BCUT2D eigenvalue weighted by Crippen LogP contribution is 2.38. The predicted molar refractivity (Wildman–Crippen MR) is 77.4 cm³/mol. The standard InChI is InChI=1S/C14H11ClF3N3O3/c15-11-3-8(2-1-7(11)4-19)20-13(24)21-5-9(12(22)23)10(6-21)14(16,17)18/h1-3,9-10H,5-6H2,(H,20,24)(H,22,23)/t9-,10-/m1/s1. The molecule has 1 aliphatic heterocycles. The minimum absolute atomic E-state index is 0.0771. The monoisotopic (exact) mass is 361 g/mol. The van der Waals surface area contributed by atoms with E-state index in [1.54, 1.807) is 0 Å². The molecular weight excluding hydrogens is 351 g/mol. The van der Waals surface area contributed by atoms with Crippen LogP contribution in [-0.4, -0.2) is 41.3 Å². The van der Waals surface area contributed by atoms with Gasteiger partial charge in [-0.2, -0.15) is 18.4 Å². The number of nitrogens with one attached hydrogen (secondary N) is 1. The van der Waals surface area contributed by atoms with Crippen molar-refractivity contribution in [3.8, 4) is 6.07 Å². The fraction of sp³-hybridized carbons (Fsp3) is 0.357. The van der Waals surface area contributed by atoms with Gasteiger partial charge >= 0.3 is 18.2 Å². The van der Waals surface area contributed by atoms with E-state index in [0.29, 0.717) is 0 Å². The van der Waals surface area contributed by atoms with Gasteiger partial charge in [-0.25, -0.2) is 4.79 Å². The second-order valence-electron chi connectivity index (χ2n) is 5.23. The highest BCUT2D eigenvalue weighted by atomic mass is 35.5. The van der Waals surface area contributed by atoms with Crippen molar-refractivity contribution in [3.05, 3.63) is 28.8 Å². The fourth-order valence-corrected chi connectivity index (χ4v) is 2.66. The van der Waals surface area contributed by atoms with Crippen molar-refractivity contribution >= 4 is 29.3 Å². The summed E-state index contributed by atoms with van der Waals surface area (Å²) < 4.78 is 38.7. The van der Waals surface area contributed by atoms with Crippen LogP contribution in [0.2, 0.25) is 5.02 Å². The summed E-state index contributed by atoms with van der Waals surface area (Å²) in [6.07, 6.45) is -4.71. The molecule has 0 aromatic heterocycles. The zero-order valence-electron chi connectivity index (χ0n) is 12.0. The third-order valence-electron chi connectivity index (χ3n) is 3.69. The maximum atomic E-state index is 12.9. The number of halogens is 4. The Morgan fingerprint density at radius 3 is 2.50 bits per heavy atom. The van der Waals surface area contributed by atoms with Gasteiger partial charge in [0.05, 0.1) is 22.4 Å². The first-order valence-corrected chi connectivity index (χ1v) is 7.06. The lowest BCUT2D eigenvalue weighted by Crippen LogP contribution is -2.35. The van der Waals surface area contributed by atoms with Crippen LogP contribution >= 0.6 is 11.6 Å². The van der Waals surface area contributed by atoms with Gasteiger partial charge in [-0.15, -0.1) is 0 Å². The smallest absolute Gasteiger partial charge is 0.394 e. The Bertz CT molecular complexity index is 717. The van der Waals surface area contributed by atoms with Crippen LogP contribution in [0.15, 0.2) is 18.2 Å². The molecule has 0 radical (unpaired) electrons. The predicted octanol–water partition coefficient (Wildman–Crippen LogP) is 2.94. The van der Waals surface area contributed by atoms with E-state index in [4.69, 9.17) is 22.0 Å². The highest BCUT2D eigenvalue weighted by Gasteiger charge is 2.53. The van der Waals surface area contributed by atoms with Crippen LogP contribution in [0.25, 0.3) is 0 Å². The van der Waals surface area contributed by atoms with Gasteiger partial charge in [-0.05, 0) is 18.2 Å². The van der Waals surface area contributed by atoms with Crippen molar-refractivity contribution in [2.24, 2.45) is 11.8 Å². The van der Waals surface area contributed by atoms with Crippen molar-refractivity contribution in [3.63, 3.8) is 0 Å². The number of likely N-dealkylation sites (tertiary alicyclic amines) is 1. The largest absolute Gasteiger partial charge is 0.481 e. The molecule has 1 saturated heterocycles. The molecule has 2 atom stereocenters. The minimum atomic E-state index is -4.71. The lowest BCUT2D eigenvalue weighted by atomic mass is 9.96. The molecule has 10 heteroatoms. The highest BCUT2D eigenvalue weighted by molar-refractivity contribution is 6.32. The van der Waals surface area contributed by atoms with Gasteiger partial charge in [0, 0.05) is 18.8 Å². The molecule has 0 unspecified atom stereocenters. The molecule has 2 rings (SSSR count). The summed E-state index contributed by atoms with van der Waals surface area (Å²) in [5.41, 5.74) is 0.366. The van der Waals surface area contributed by atoms with Crippen LogP contribution in [0.1, 0.15) is 5.56 Å². The summed E-state index contributed by atoms with van der Waals surface area (Å²) in [6, 6.07) is 4.96. The van der Waals surface area contributed by atoms with Gasteiger partial charge < -0.3 is 15.3 Å². The van der Waals surface area contributed by atoms with Crippen molar-refractivity contribution < 1.29 is 27.9 Å². The van der Waals surface area contributed by atoms with Gasteiger partial charge in [0.2, 0.25) is 0 Å². The summed E-state index contributed by atoms with van der Waals surface area (Å²) >= 11 is 5.81. The lowest BCUT2D eigenvalue weighted by molar-refractivity contribution is -0.187. The summed E-state index contributed by atoms with van der Waals surface area (Å²) in [6.45, 7) is -1.29. The maximum absolute atomic E-state index is 12.9. The molecule has 1 aliphatic rings. The molecule has 128 valence electrons. The van der Waals surface area contributed by atoms with E-state index in [0.717, 1.165) is 4.90 Å². The zero-order chi connectivity index (χ0) is 18.1. The third kappa shape index (κ3) is 3.71. The number of hydrogen-bond donors (Lipinski definition) is 2. The van der Waals surface area contributed by atoms with Crippen molar-refractivity contribution in [2.75, 3.05) is 18.4 Å². The second kappa shape index (κ2) is 6.57. The summed E-state index contributed by atoms with van der Waals surface area (Å²) in [5.74, 6) is -5.43. The topological polar surface area (TPSA) is 93.4 Å². The Morgan fingerprint density at radius 1 is 1.38 bits per heavy atom. The van der Waals surface area contributed by atoms with Crippen LogP contribution < -0.4 is 5.32 Å².